The fraction of sp³-hybridized carbons (Fsp3) is 0.381. The van der Waals surface area contributed by atoms with Crippen LogP contribution in [0, 0.1) is 0 Å². The minimum absolute atomic E-state index is 0.444. The number of fused-ring (bicyclic) bond motifs is 1. The number of ether oxygens (including phenoxy) is 2. The van der Waals surface area contributed by atoms with Crippen LogP contribution in [0.15, 0.2) is 48.5 Å². The summed E-state index contributed by atoms with van der Waals surface area (Å²) in [6, 6.07) is 15.9. The van der Waals surface area contributed by atoms with E-state index in [1.165, 1.54) is 0 Å². The van der Waals surface area contributed by atoms with Crippen molar-refractivity contribution >= 4 is 11.0 Å². The third kappa shape index (κ3) is 4.17. The first-order valence-electron chi connectivity index (χ1n) is 9.18. The zero-order valence-electron chi connectivity index (χ0n) is 15.8. The summed E-state index contributed by atoms with van der Waals surface area (Å²) in [5, 5.41) is 0. The summed E-state index contributed by atoms with van der Waals surface area (Å²) in [5.41, 5.74) is 2.17. The maximum absolute atomic E-state index is 5.97. The lowest BCUT2D eigenvalue weighted by Crippen LogP contribution is -2.27. The summed E-state index contributed by atoms with van der Waals surface area (Å²) in [6.07, 6.45) is 0. The molecule has 138 valence electrons. The largest absolute Gasteiger partial charge is 0.497 e. The van der Waals surface area contributed by atoms with Crippen LogP contribution in [0.4, 0.5) is 0 Å². The fourth-order valence-corrected chi connectivity index (χ4v) is 3.09. The molecule has 0 fully saturated rings. The maximum atomic E-state index is 5.97. The molecule has 1 heterocycles. The Hall–Kier alpha value is -2.53. The number of nitrogens with zero attached hydrogens (tertiary/aromatic N) is 3. The number of aromatic nitrogens is 2. The summed E-state index contributed by atoms with van der Waals surface area (Å²) in [4.78, 5) is 7.21. The smallest absolute Gasteiger partial charge is 0.148 e. The first-order valence-corrected chi connectivity index (χ1v) is 9.18. The van der Waals surface area contributed by atoms with Gasteiger partial charge in [-0.15, -0.1) is 0 Å². The number of likely N-dealkylation sites (N-methyl/N-ethyl adjacent to an activating group) is 1. The van der Waals surface area contributed by atoms with E-state index >= 15 is 0 Å². The average molecular weight is 353 g/mol. The van der Waals surface area contributed by atoms with Crippen LogP contribution >= 0.6 is 0 Å². The molecule has 0 aliphatic rings. The Morgan fingerprint density at radius 2 is 1.65 bits per heavy atom. The molecule has 0 saturated carbocycles. The van der Waals surface area contributed by atoms with Gasteiger partial charge in [0, 0.05) is 13.1 Å². The lowest BCUT2D eigenvalue weighted by Gasteiger charge is -2.19. The van der Waals surface area contributed by atoms with E-state index in [-0.39, 0.29) is 0 Å². The minimum Gasteiger partial charge on any atom is -0.497 e. The third-order valence-electron chi connectivity index (χ3n) is 4.70. The van der Waals surface area contributed by atoms with Crippen LogP contribution in [-0.4, -0.2) is 41.2 Å². The molecule has 0 atom stereocenters. The van der Waals surface area contributed by atoms with Crippen LogP contribution < -0.4 is 9.47 Å². The Kier molecular flexibility index (Phi) is 6.12. The molecule has 0 N–H and O–H groups in total. The van der Waals surface area contributed by atoms with Crippen molar-refractivity contribution in [1.29, 1.82) is 0 Å². The molecule has 0 aliphatic carbocycles. The number of benzene rings is 2. The molecule has 0 spiro atoms. The van der Waals surface area contributed by atoms with Gasteiger partial charge in [0.2, 0.25) is 0 Å². The normalized spacial score (nSPS) is 11.2. The van der Waals surface area contributed by atoms with Crippen LogP contribution in [-0.2, 0) is 13.2 Å². The molecule has 0 amide bonds. The van der Waals surface area contributed by atoms with Gasteiger partial charge in [-0.2, -0.15) is 0 Å². The topological polar surface area (TPSA) is 39.5 Å². The van der Waals surface area contributed by atoms with Gasteiger partial charge in [0.05, 0.1) is 18.1 Å². The van der Waals surface area contributed by atoms with Crippen molar-refractivity contribution in [2.24, 2.45) is 0 Å². The first-order chi connectivity index (χ1) is 12.7. The van der Waals surface area contributed by atoms with Gasteiger partial charge in [-0.05, 0) is 49.5 Å². The van der Waals surface area contributed by atoms with Gasteiger partial charge in [0.25, 0.3) is 0 Å². The molecule has 0 unspecified atom stereocenters. The zero-order chi connectivity index (χ0) is 18.4. The minimum atomic E-state index is 0.444. The molecular weight excluding hydrogens is 326 g/mol. The van der Waals surface area contributed by atoms with Gasteiger partial charge in [-0.25, -0.2) is 4.98 Å². The van der Waals surface area contributed by atoms with Crippen LogP contribution in [0.25, 0.3) is 11.0 Å². The van der Waals surface area contributed by atoms with Gasteiger partial charge in [-0.1, -0.05) is 26.0 Å². The first kappa shape index (κ1) is 18.3. The quantitative estimate of drug-likeness (QED) is 0.584. The van der Waals surface area contributed by atoms with Crippen molar-refractivity contribution in [3.8, 4) is 11.5 Å². The van der Waals surface area contributed by atoms with E-state index in [0.717, 1.165) is 54.5 Å². The van der Waals surface area contributed by atoms with Gasteiger partial charge in [0.15, 0.2) is 0 Å². The Balaban J connectivity index is 1.78. The molecule has 26 heavy (non-hydrogen) atoms. The molecule has 5 heteroatoms. The monoisotopic (exact) mass is 353 g/mol. The van der Waals surface area contributed by atoms with Crippen molar-refractivity contribution in [2.45, 2.75) is 27.0 Å². The Morgan fingerprint density at radius 3 is 2.35 bits per heavy atom. The lowest BCUT2D eigenvalue weighted by molar-refractivity contribution is 0.271. The summed E-state index contributed by atoms with van der Waals surface area (Å²) in [7, 11) is 1.66. The predicted molar refractivity (Wildman–Crippen MR) is 105 cm³/mol. The summed E-state index contributed by atoms with van der Waals surface area (Å²) >= 11 is 0. The van der Waals surface area contributed by atoms with Crippen LogP contribution in [0.2, 0.25) is 0 Å². The molecule has 0 radical (unpaired) electrons. The SMILES string of the molecule is CCN(CC)CCn1c(COc2ccc(OC)cc2)nc2ccccc21. The van der Waals surface area contributed by atoms with Crippen LogP contribution in [0.3, 0.4) is 0 Å². The van der Waals surface area contributed by atoms with E-state index < -0.39 is 0 Å². The Bertz CT molecular complexity index is 823. The van der Waals surface area contributed by atoms with Crippen molar-refractivity contribution in [3.05, 3.63) is 54.4 Å². The van der Waals surface area contributed by atoms with Crippen molar-refractivity contribution < 1.29 is 9.47 Å². The highest BCUT2D eigenvalue weighted by molar-refractivity contribution is 5.75. The van der Waals surface area contributed by atoms with Crippen molar-refractivity contribution in [2.75, 3.05) is 26.7 Å². The maximum Gasteiger partial charge on any atom is 0.148 e. The molecule has 0 aliphatic heterocycles. The van der Waals surface area contributed by atoms with Gasteiger partial charge in [0.1, 0.15) is 23.9 Å². The predicted octanol–water partition coefficient (Wildman–Crippen LogP) is 3.97. The highest BCUT2D eigenvalue weighted by Gasteiger charge is 2.12. The second-order valence-corrected chi connectivity index (χ2v) is 6.16. The average Bonchev–Trinajstić information content (AvgIpc) is 3.05. The van der Waals surface area contributed by atoms with E-state index in [1.54, 1.807) is 7.11 Å². The number of imidazole rings is 1. The van der Waals surface area contributed by atoms with E-state index in [4.69, 9.17) is 14.5 Å². The summed E-state index contributed by atoms with van der Waals surface area (Å²) in [5.74, 6) is 2.59. The van der Waals surface area contributed by atoms with Crippen molar-refractivity contribution in [1.82, 2.24) is 14.5 Å². The number of para-hydroxylation sites is 2. The molecule has 0 bridgehead atoms. The van der Waals surface area contributed by atoms with Gasteiger partial charge in [-0.3, -0.25) is 0 Å². The Labute approximate surface area is 155 Å². The standard InChI is InChI=1S/C21H27N3O2/c1-4-23(5-2)14-15-24-20-9-7-6-8-19(20)22-21(24)16-26-18-12-10-17(25-3)11-13-18/h6-13H,4-5,14-16H2,1-3H3. The van der Waals surface area contributed by atoms with E-state index in [0.29, 0.717) is 6.61 Å². The third-order valence-corrected chi connectivity index (χ3v) is 4.70. The zero-order valence-corrected chi connectivity index (χ0v) is 15.8. The molecular formula is C21H27N3O2. The summed E-state index contributed by atoms with van der Waals surface area (Å²) < 4.78 is 13.4. The number of hydrogen-bond acceptors (Lipinski definition) is 4. The molecule has 0 saturated heterocycles. The van der Waals surface area contributed by atoms with Gasteiger partial charge >= 0.3 is 0 Å². The second kappa shape index (κ2) is 8.72. The van der Waals surface area contributed by atoms with Crippen LogP contribution in [0.5, 0.6) is 11.5 Å². The second-order valence-electron chi connectivity index (χ2n) is 6.16. The highest BCUT2D eigenvalue weighted by Crippen LogP contribution is 2.20. The molecule has 5 nitrogen and oxygen atoms in total. The molecule has 3 aromatic rings. The molecule has 1 aromatic heterocycles. The van der Waals surface area contributed by atoms with Crippen LogP contribution in [0.1, 0.15) is 19.7 Å². The number of hydrogen-bond donors (Lipinski definition) is 0. The van der Waals surface area contributed by atoms with Crippen molar-refractivity contribution in [3.63, 3.8) is 0 Å². The molecule has 2 aromatic carbocycles. The number of rotatable bonds is 9. The fourth-order valence-electron chi connectivity index (χ4n) is 3.09. The summed E-state index contributed by atoms with van der Waals surface area (Å²) in [6.45, 7) is 8.86. The van der Waals surface area contributed by atoms with Gasteiger partial charge < -0.3 is 18.9 Å². The lowest BCUT2D eigenvalue weighted by atomic mass is 10.3. The Morgan fingerprint density at radius 1 is 0.962 bits per heavy atom. The highest BCUT2D eigenvalue weighted by atomic mass is 16.5. The molecule has 3 rings (SSSR count). The number of methoxy groups -OCH3 is 1. The van der Waals surface area contributed by atoms with E-state index in [9.17, 15) is 0 Å². The van der Waals surface area contributed by atoms with E-state index in [1.807, 2.05) is 30.3 Å². The van der Waals surface area contributed by atoms with E-state index in [2.05, 4.69) is 41.5 Å².